The highest BCUT2D eigenvalue weighted by Gasteiger charge is 2.03. The van der Waals surface area contributed by atoms with E-state index in [2.05, 4.69) is 0 Å². The number of benzene rings is 3. The van der Waals surface area contributed by atoms with Crippen LogP contribution in [0.15, 0.2) is 72.8 Å². The number of nitriles is 1. The molecule has 0 saturated heterocycles. The molecule has 0 unspecified atom stereocenters. The van der Waals surface area contributed by atoms with E-state index in [0.29, 0.717) is 36.6 Å². The second-order valence-electron chi connectivity index (χ2n) is 6.90. The predicted octanol–water partition coefficient (Wildman–Crippen LogP) is 4.57. The molecule has 0 radical (unpaired) electrons. The van der Waals surface area contributed by atoms with Crippen LogP contribution < -0.4 is 16.2 Å². The first-order chi connectivity index (χ1) is 15.0. The molecular weight excluding hydrogens is 390 g/mol. The molecule has 6 nitrogen and oxygen atoms in total. The number of nitrogen functional groups attached to an aromatic ring is 2. The van der Waals surface area contributed by atoms with Crippen molar-refractivity contribution in [2.45, 2.75) is 12.8 Å². The number of hydrogen-bond acceptors (Lipinski definition) is 6. The Labute approximate surface area is 181 Å². The molecule has 3 rings (SSSR count). The van der Waals surface area contributed by atoms with E-state index in [1.165, 1.54) is 6.08 Å². The summed E-state index contributed by atoms with van der Waals surface area (Å²) in [6, 6.07) is 20.4. The van der Waals surface area contributed by atoms with Gasteiger partial charge in [-0.1, -0.05) is 42.5 Å². The van der Waals surface area contributed by atoms with Crippen LogP contribution in [0.3, 0.4) is 0 Å². The Balaban J connectivity index is 1.46. The molecule has 0 saturated carbocycles. The zero-order valence-corrected chi connectivity index (χ0v) is 17.0. The van der Waals surface area contributed by atoms with E-state index in [0.717, 1.165) is 22.3 Å². The number of hydrogen-bond donors (Lipinski definition) is 2. The van der Waals surface area contributed by atoms with Crippen molar-refractivity contribution in [2.75, 3.05) is 18.1 Å². The number of ether oxygens (including phenoxy) is 2. The van der Waals surface area contributed by atoms with Crippen LogP contribution in [0.25, 0.3) is 17.2 Å². The fourth-order valence-corrected chi connectivity index (χ4v) is 3.04. The highest BCUT2D eigenvalue weighted by Crippen LogP contribution is 2.23. The molecule has 0 spiro atoms. The number of aryl methyl sites for hydroxylation is 1. The van der Waals surface area contributed by atoms with Crippen LogP contribution >= 0.6 is 0 Å². The second-order valence-corrected chi connectivity index (χ2v) is 6.90. The van der Waals surface area contributed by atoms with Gasteiger partial charge in [0.1, 0.15) is 5.75 Å². The minimum Gasteiger partial charge on any atom is -0.463 e. The maximum absolute atomic E-state index is 11.9. The van der Waals surface area contributed by atoms with Gasteiger partial charge in [-0.15, -0.1) is 5.26 Å². The summed E-state index contributed by atoms with van der Waals surface area (Å²) in [7, 11) is 0. The van der Waals surface area contributed by atoms with Crippen molar-refractivity contribution in [3.8, 4) is 23.1 Å². The average Bonchev–Trinajstić information content (AvgIpc) is 2.78. The summed E-state index contributed by atoms with van der Waals surface area (Å²) in [6.07, 6.45) is 6.18. The fraction of sp³-hybridized carbons (Fsp3) is 0.120. The van der Waals surface area contributed by atoms with Crippen molar-refractivity contribution in [3.63, 3.8) is 0 Å². The van der Waals surface area contributed by atoms with E-state index >= 15 is 0 Å². The van der Waals surface area contributed by atoms with Gasteiger partial charge in [0.2, 0.25) is 0 Å². The topological polar surface area (TPSA) is 111 Å². The van der Waals surface area contributed by atoms with Crippen LogP contribution in [-0.2, 0) is 16.0 Å². The Kier molecular flexibility index (Phi) is 7.28. The Bertz CT molecular complexity index is 1100. The van der Waals surface area contributed by atoms with Crippen LogP contribution in [0.2, 0.25) is 0 Å². The minimum absolute atomic E-state index is 0.317. The third-order valence-electron chi connectivity index (χ3n) is 4.68. The van der Waals surface area contributed by atoms with Gasteiger partial charge >= 0.3 is 5.97 Å². The lowest BCUT2D eigenvalue weighted by molar-refractivity contribution is -0.137. The lowest BCUT2D eigenvalue weighted by Gasteiger charge is -2.06. The van der Waals surface area contributed by atoms with Gasteiger partial charge in [0, 0.05) is 17.5 Å². The lowest BCUT2D eigenvalue weighted by Crippen LogP contribution is -2.04. The van der Waals surface area contributed by atoms with Crippen LogP contribution in [0.5, 0.6) is 5.75 Å². The van der Waals surface area contributed by atoms with Crippen LogP contribution in [0.1, 0.15) is 17.5 Å². The first-order valence-electron chi connectivity index (χ1n) is 9.80. The van der Waals surface area contributed by atoms with Crippen molar-refractivity contribution in [1.82, 2.24) is 0 Å². The number of nitrogens with zero attached hydrogens (tertiary/aromatic N) is 1. The zero-order chi connectivity index (χ0) is 22.1. The number of nitrogens with two attached hydrogens (primary N) is 2. The van der Waals surface area contributed by atoms with Crippen molar-refractivity contribution in [2.24, 2.45) is 0 Å². The van der Waals surface area contributed by atoms with E-state index in [-0.39, 0.29) is 5.97 Å². The summed E-state index contributed by atoms with van der Waals surface area (Å²) in [6.45, 7) is 0.317. The summed E-state index contributed by atoms with van der Waals surface area (Å²) in [4.78, 5) is 11.9. The number of anilines is 2. The molecule has 0 aliphatic carbocycles. The van der Waals surface area contributed by atoms with Crippen LogP contribution in [0.4, 0.5) is 11.4 Å². The number of esters is 1. The molecule has 0 atom stereocenters. The van der Waals surface area contributed by atoms with E-state index in [1.807, 2.05) is 48.5 Å². The third-order valence-corrected chi connectivity index (χ3v) is 4.68. The van der Waals surface area contributed by atoms with Crippen molar-refractivity contribution in [1.29, 1.82) is 5.26 Å². The molecule has 0 amide bonds. The number of rotatable bonds is 8. The number of carbonyl (C=O) groups is 1. The van der Waals surface area contributed by atoms with Gasteiger partial charge in [-0.25, -0.2) is 4.79 Å². The van der Waals surface area contributed by atoms with Gasteiger partial charge in [-0.05, 0) is 65.4 Å². The highest BCUT2D eigenvalue weighted by atomic mass is 16.5. The SMILES string of the molecule is N#COc1ccc(-c2ccc(/C=C/C(=O)OCCCc3ccc(N)cc3N)cc2)cc1. The fourth-order valence-electron chi connectivity index (χ4n) is 3.04. The highest BCUT2D eigenvalue weighted by molar-refractivity contribution is 5.87. The Morgan fingerprint density at radius 2 is 1.65 bits per heavy atom. The summed E-state index contributed by atoms with van der Waals surface area (Å²) in [5.41, 5.74) is 16.8. The molecule has 0 aromatic heterocycles. The molecule has 31 heavy (non-hydrogen) atoms. The predicted molar refractivity (Wildman–Crippen MR) is 122 cm³/mol. The molecule has 3 aromatic rings. The molecular formula is C25H23N3O3. The monoisotopic (exact) mass is 413 g/mol. The van der Waals surface area contributed by atoms with Crippen molar-refractivity contribution in [3.05, 3.63) is 83.9 Å². The molecule has 0 heterocycles. The smallest absolute Gasteiger partial charge is 0.330 e. The van der Waals surface area contributed by atoms with Crippen LogP contribution in [0, 0.1) is 11.5 Å². The third kappa shape index (κ3) is 6.38. The Morgan fingerprint density at radius 1 is 0.968 bits per heavy atom. The van der Waals surface area contributed by atoms with Gasteiger partial charge < -0.3 is 20.9 Å². The van der Waals surface area contributed by atoms with E-state index in [9.17, 15) is 4.79 Å². The molecule has 0 aliphatic heterocycles. The minimum atomic E-state index is -0.387. The first kappa shape index (κ1) is 21.5. The van der Waals surface area contributed by atoms with Crippen LogP contribution in [-0.4, -0.2) is 12.6 Å². The summed E-state index contributed by atoms with van der Waals surface area (Å²) in [5.74, 6) is 0.115. The quantitative estimate of drug-likeness (QED) is 0.184. The maximum Gasteiger partial charge on any atom is 0.330 e. The maximum atomic E-state index is 11.9. The molecule has 0 aliphatic rings. The largest absolute Gasteiger partial charge is 0.463 e. The molecule has 3 aromatic carbocycles. The summed E-state index contributed by atoms with van der Waals surface area (Å²) >= 11 is 0. The molecule has 0 bridgehead atoms. The average molecular weight is 413 g/mol. The number of carbonyl (C=O) groups excluding carboxylic acids is 1. The summed E-state index contributed by atoms with van der Waals surface area (Å²) in [5, 5.41) is 8.53. The van der Waals surface area contributed by atoms with E-state index in [1.54, 1.807) is 30.5 Å². The lowest BCUT2D eigenvalue weighted by atomic mass is 10.0. The van der Waals surface area contributed by atoms with Gasteiger partial charge in [0.15, 0.2) is 0 Å². The summed E-state index contributed by atoms with van der Waals surface area (Å²) < 4.78 is 10.0. The Morgan fingerprint density at radius 3 is 2.29 bits per heavy atom. The van der Waals surface area contributed by atoms with E-state index < -0.39 is 0 Å². The van der Waals surface area contributed by atoms with Gasteiger partial charge in [0.25, 0.3) is 6.26 Å². The molecule has 0 fully saturated rings. The van der Waals surface area contributed by atoms with Crippen molar-refractivity contribution >= 4 is 23.4 Å². The van der Waals surface area contributed by atoms with Gasteiger partial charge in [0.05, 0.1) is 6.61 Å². The zero-order valence-electron chi connectivity index (χ0n) is 17.0. The van der Waals surface area contributed by atoms with E-state index in [4.69, 9.17) is 26.2 Å². The van der Waals surface area contributed by atoms with Gasteiger partial charge in [-0.2, -0.15) is 0 Å². The Hall–Kier alpha value is -4.24. The standard InChI is InChI=1S/C25H23N3O3/c26-17-31-23-12-9-20(10-13-23)19-6-3-18(4-7-19)5-14-25(29)30-15-1-2-21-8-11-22(27)16-24(21)28/h3-14,16H,1-2,15,27-28H2/b14-5+. The van der Waals surface area contributed by atoms with Gasteiger partial charge in [-0.3, -0.25) is 0 Å². The molecule has 156 valence electrons. The van der Waals surface area contributed by atoms with Crippen molar-refractivity contribution < 1.29 is 14.3 Å². The second kappa shape index (κ2) is 10.5. The molecule has 4 N–H and O–H groups in total. The normalized spacial score (nSPS) is 10.5. The first-order valence-corrected chi connectivity index (χ1v) is 9.80. The molecule has 6 heteroatoms.